The zero-order valence-corrected chi connectivity index (χ0v) is 11.0. The molecule has 2 N–H and O–H groups in total. The van der Waals surface area contributed by atoms with Gasteiger partial charge < -0.3 is 15.0 Å². The van der Waals surface area contributed by atoms with Gasteiger partial charge in [-0.1, -0.05) is 25.4 Å². The molecule has 98 valence electrons. The van der Waals surface area contributed by atoms with E-state index in [-0.39, 0.29) is 12.0 Å². The highest BCUT2D eigenvalue weighted by atomic mass is 16.5. The van der Waals surface area contributed by atoms with Gasteiger partial charge in [-0.15, -0.1) is 0 Å². The third-order valence-corrected chi connectivity index (χ3v) is 2.69. The molecule has 0 spiro atoms. The van der Waals surface area contributed by atoms with Gasteiger partial charge >= 0.3 is 0 Å². The largest absolute Gasteiger partial charge is 0.370 e. The lowest BCUT2D eigenvalue weighted by molar-refractivity contribution is 0.0477. The van der Waals surface area contributed by atoms with Gasteiger partial charge in [0.15, 0.2) is 0 Å². The van der Waals surface area contributed by atoms with Crippen molar-refractivity contribution in [3.8, 4) is 0 Å². The summed E-state index contributed by atoms with van der Waals surface area (Å²) in [7, 11) is 0. The standard InChI is InChI=1S/C12H23N3O2/c1-4-6-10(16-5-2)11-14-12(17-15-11)9(3)7-8-13/h9-10H,4-8,13H2,1-3H3. The average Bonchev–Trinajstić information content (AvgIpc) is 2.78. The minimum atomic E-state index is -0.0485. The molecule has 0 saturated carbocycles. The number of nitrogens with two attached hydrogens (primary N) is 1. The third kappa shape index (κ3) is 4.09. The minimum Gasteiger partial charge on any atom is -0.370 e. The van der Waals surface area contributed by atoms with Gasteiger partial charge in [0, 0.05) is 12.5 Å². The summed E-state index contributed by atoms with van der Waals surface area (Å²) in [5.74, 6) is 1.53. The first-order chi connectivity index (χ1) is 8.22. The third-order valence-electron chi connectivity index (χ3n) is 2.69. The van der Waals surface area contributed by atoms with Crippen molar-refractivity contribution < 1.29 is 9.26 Å². The Labute approximate surface area is 103 Å². The number of hydrogen-bond acceptors (Lipinski definition) is 5. The molecule has 1 heterocycles. The van der Waals surface area contributed by atoms with E-state index in [9.17, 15) is 0 Å². The van der Waals surface area contributed by atoms with Crippen molar-refractivity contribution in [2.75, 3.05) is 13.2 Å². The first-order valence-electron chi connectivity index (χ1n) is 6.38. The van der Waals surface area contributed by atoms with Gasteiger partial charge in [0.2, 0.25) is 11.7 Å². The van der Waals surface area contributed by atoms with Gasteiger partial charge in [-0.25, -0.2) is 0 Å². The highest BCUT2D eigenvalue weighted by molar-refractivity contribution is 4.95. The molecule has 0 radical (unpaired) electrons. The molecule has 1 aromatic rings. The summed E-state index contributed by atoms with van der Waals surface area (Å²) in [5.41, 5.74) is 5.51. The Morgan fingerprint density at radius 1 is 1.35 bits per heavy atom. The maximum atomic E-state index is 5.61. The molecule has 0 aromatic carbocycles. The second-order valence-corrected chi connectivity index (χ2v) is 4.20. The van der Waals surface area contributed by atoms with Crippen molar-refractivity contribution in [1.82, 2.24) is 10.1 Å². The van der Waals surface area contributed by atoms with E-state index in [0.29, 0.717) is 24.9 Å². The van der Waals surface area contributed by atoms with E-state index in [4.69, 9.17) is 15.0 Å². The van der Waals surface area contributed by atoms with E-state index >= 15 is 0 Å². The van der Waals surface area contributed by atoms with Crippen molar-refractivity contribution in [2.24, 2.45) is 5.73 Å². The number of ether oxygens (including phenoxy) is 1. The first kappa shape index (κ1) is 14.1. The lowest BCUT2D eigenvalue weighted by atomic mass is 10.1. The van der Waals surface area contributed by atoms with Crippen LogP contribution in [0.4, 0.5) is 0 Å². The molecule has 2 unspecified atom stereocenters. The van der Waals surface area contributed by atoms with Crippen molar-refractivity contribution in [1.29, 1.82) is 0 Å². The van der Waals surface area contributed by atoms with Crippen molar-refractivity contribution >= 4 is 0 Å². The van der Waals surface area contributed by atoms with Crippen LogP contribution in [0.3, 0.4) is 0 Å². The van der Waals surface area contributed by atoms with E-state index in [1.54, 1.807) is 0 Å². The fourth-order valence-electron chi connectivity index (χ4n) is 1.70. The zero-order valence-electron chi connectivity index (χ0n) is 11.0. The Kier molecular flexibility index (Phi) is 6.15. The first-order valence-corrected chi connectivity index (χ1v) is 6.38. The number of nitrogens with zero attached hydrogens (tertiary/aromatic N) is 2. The van der Waals surface area contributed by atoms with E-state index < -0.39 is 0 Å². The van der Waals surface area contributed by atoms with Crippen LogP contribution in [0.2, 0.25) is 0 Å². The molecular formula is C12H23N3O2. The fraction of sp³-hybridized carbons (Fsp3) is 0.833. The summed E-state index contributed by atoms with van der Waals surface area (Å²) >= 11 is 0. The molecule has 2 atom stereocenters. The molecule has 0 aliphatic heterocycles. The molecule has 5 heteroatoms. The molecule has 5 nitrogen and oxygen atoms in total. The molecule has 17 heavy (non-hydrogen) atoms. The molecule has 0 fully saturated rings. The SMILES string of the molecule is CCCC(OCC)c1noc(C(C)CCN)n1. The van der Waals surface area contributed by atoms with E-state index in [1.165, 1.54) is 0 Å². The van der Waals surface area contributed by atoms with Crippen molar-refractivity contribution in [3.63, 3.8) is 0 Å². The van der Waals surface area contributed by atoms with Crippen LogP contribution in [0.1, 0.15) is 63.8 Å². The van der Waals surface area contributed by atoms with Crippen LogP contribution in [0.5, 0.6) is 0 Å². The predicted octanol–water partition coefficient (Wildman–Crippen LogP) is 2.40. The molecule has 0 aliphatic carbocycles. The van der Waals surface area contributed by atoms with Crippen LogP contribution in [0.25, 0.3) is 0 Å². The summed E-state index contributed by atoms with van der Waals surface area (Å²) in [6, 6.07) is 0. The topological polar surface area (TPSA) is 74.2 Å². The van der Waals surface area contributed by atoms with Gasteiger partial charge in [-0.3, -0.25) is 0 Å². The Morgan fingerprint density at radius 3 is 2.71 bits per heavy atom. The van der Waals surface area contributed by atoms with E-state index in [1.807, 2.05) is 13.8 Å². The number of aromatic nitrogens is 2. The zero-order chi connectivity index (χ0) is 12.7. The molecular weight excluding hydrogens is 218 g/mol. The quantitative estimate of drug-likeness (QED) is 0.756. The van der Waals surface area contributed by atoms with Crippen LogP contribution in [-0.2, 0) is 4.74 Å². The molecule has 0 bridgehead atoms. The molecule has 1 rings (SSSR count). The maximum Gasteiger partial charge on any atom is 0.229 e. The minimum absolute atomic E-state index is 0.0485. The Hall–Kier alpha value is -0.940. The van der Waals surface area contributed by atoms with E-state index in [0.717, 1.165) is 19.3 Å². The summed E-state index contributed by atoms with van der Waals surface area (Å²) < 4.78 is 10.9. The second kappa shape index (κ2) is 7.40. The molecule has 0 aliphatic rings. The van der Waals surface area contributed by atoms with Crippen molar-refractivity contribution in [2.45, 2.75) is 52.1 Å². The molecule has 0 saturated heterocycles. The summed E-state index contributed by atoms with van der Waals surface area (Å²) in [5, 5.41) is 4.01. The second-order valence-electron chi connectivity index (χ2n) is 4.20. The van der Waals surface area contributed by atoms with Crippen LogP contribution in [0.15, 0.2) is 4.52 Å². The molecule has 0 amide bonds. The van der Waals surface area contributed by atoms with Gasteiger partial charge in [0.25, 0.3) is 0 Å². The lowest BCUT2D eigenvalue weighted by Gasteiger charge is -2.11. The average molecular weight is 241 g/mol. The Balaban J connectivity index is 2.69. The normalized spacial score (nSPS) is 14.8. The van der Waals surface area contributed by atoms with Crippen LogP contribution in [-0.4, -0.2) is 23.3 Å². The monoisotopic (exact) mass is 241 g/mol. The summed E-state index contributed by atoms with van der Waals surface area (Å²) in [6.45, 7) is 7.42. The van der Waals surface area contributed by atoms with Crippen LogP contribution in [0, 0.1) is 0 Å². The fourth-order valence-corrected chi connectivity index (χ4v) is 1.70. The summed E-state index contributed by atoms with van der Waals surface area (Å²) in [4.78, 5) is 4.41. The van der Waals surface area contributed by atoms with Crippen LogP contribution < -0.4 is 5.73 Å². The maximum absolute atomic E-state index is 5.61. The van der Waals surface area contributed by atoms with Gasteiger partial charge in [-0.2, -0.15) is 4.98 Å². The number of rotatable bonds is 8. The van der Waals surface area contributed by atoms with E-state index in [2.05, 4.69) is 17.1 Å². The number of hydrogen-bond donors (Lipinski definition) is 1. The summed E-state index contributed by atoms with van der Waals surface area (Å²) in [6.07, 6.45) is 2.76. The Bertz CT molecular complexity index is 308. The highest BCUT2D eigenvalue weighted by Crippen LogP contribution is 2.23. The lowest BCUT2D eigenvalue weighted by Crippen LogP contribution is -2.07. The van der Waals surface area contributed by atoms with Gasteiger partial charge in [-0.05, 0) is 26.3 Å². The highest BCUT2D eigenvalue weighted by Gasteiger charge is 2.20. The van der Waals surface area contributed by atoms with Gasteiger partial charge in [0.1, 0.15) is 6.10 Å². The molecule has 1 aromatic heterocycles. The van der Waals surface area contributed by atoms with Crippen molar-refractivity contribution in [3.05, 3.63) is 11.7 Å². The Morgan fingerprint density at radius 2 is 2.12 bits per heavy atom. The van der Waals surface area contributed by atoms with Gasteiger partial charge in [0.05, 0.1) is 0 Å². The predicted molar refractivity (Wildman–Crippen MR) is 65.7 cm³/mol. The smallest absolute Gasteiger partial charge is 0.229 e. The van der Waals surface area contributed by atoms with Crippen LogP contribution >= 0.6 is 0 Å².